The number of benzene rings is 2. The van der Waals surface area contributed by atoms with Gasteiger partial charge in [0.15, 0.2) is 11.6 Å². The van der Waals surface area contributed by atoms with Gasteiger partial charge in [0, 0.05) is 19.2 Å². The zero-order valence-electron chi connectivity index (χ0n) is 19.2. The molecule has 5 rings (SSSR count). The fourth-order valence-corrected chi connectivity index (χ4v) is 6.11. The molecule has 1 saturated carbocycles. The van der Waals surface area contributed by atoms with Gasteiger partial charge in [-0.05, 0) is 36.5 Å². The maximum atomic E-state index is 14.8. The second-order valence-corrected chi connectivity index (χ2v) is 10.8. The van der Waals surface area contributed by atoms with E-state index in [1.165, 1.54) is 16.4 Å². The van der Waals surface area contributed by atoms with E-state index >= 15 is 0 Å². The first-order chi connectivity index (χ1) is 17.6. The summed E-state index contributed by atoms with van der Waals surface area (Å²) in [6.45, 7) is -0.859. The number of ether oxygens (including phenoxy) is 1. The van der Waals surface area contributed by atoms with Crippen LogP contribution in [0.4, 0.5) is 18.9 Å². The number of alkyl halides is 1. The van der Waals surface area contributed by atoms with E-state index in [0.717, 1.165) is 25.3 Å². The Morgan fingerprint density at radius 2 is 1.92 bits per heavy atom. The Labute approximate surface area is 208 Å². The summed E-state index contributed by atoms with van der Waals surface area (Å²) in [4.78, 5) is 27.0. The highest BCUT2D eigenvalue weighted by Gasteiger charge is 2.51. The van der Waals surface area contributed by atoms with Gasteiger partial charge >= 0.3 is 15.9 Å². The largest absolute Gasteiger partial charge is 0.453 e. The van der Waals surface area contributed by atoms with E-state index in [4.69, 9.17) is 4.74 Å². The molecular formula is C23H20F3N5O5S. The van der Waals surface area contributed by atoms with Crippen LogP contribution in [0.5, 0.6) is 11.5 Å². The Bertz CT molecular complexity index is 1680. The van der Waals surface area contributed by atoms with Crippen LogP contribution < -0.4 is 20.7 Å². The van der Waals surface area contributed by atoms with Gasteiger partial charge < -0.3 is 9.72 Å². The number of halogens is 3. The van der Waals surface area contributed by atoms with E-state index in [-0.39, 0.29) is 22.1 Å². The maximum Gasteiger partial charge on any atom is 0.328 e. The number of hydrogen-bond acceptors (Lipinski definition) is 6. The third-order valence-electron chi connectivity index (χ3n) is 6.79. The van der Waals surface area contributed by atoms with Crippen molar-refractivity contribution in [3.63, 3.8) is 0 Å². The van der Waals surface area contributed by atoms with Gasteiger partial charge in [0.1, 0.15) is 24.1 Å². The van der Waals surface area contributed by atoms with Crippen molar-refractivity contribution >= 4 is 26.8 Å². The molecule has 0 bridgehead atoms. The van der Waals surface area contributed by atoms with Gasteiger partial charge in [-0.15, -0.1) is 0 Å². The zero-order chi connectivity index (χ0) is 26.5. The highest BCUT2D eigenvalue weighted by atomic mass is 32.2. The Hall–Kier alpha value is -3.83. The fourth-order valence-electron chi connectivity index (χ4n) is 4.66. The van der Waals surface area contributed by atoms with E-state index in [1.54, 1.807) is 6.07 Å². The molecule has 0 amide bonds. The van der Waals surface area contributed by atoms with Gasteiger partial charge in [-0.1, -0.05) is 6.42 Å². The first-order valence-corrected chi connectivity index (χ1v) is 12.7. The van der Waals surface area contributed by atoms with Crippen molar-refractivity contribution in [2.24, 2.45) is 5.41 Å². The number of aromatic amines is 1. The van der Waals surface area contributed by atoms with Crippen LogP contribution in [0.2, 0.25) is 0 Å². The molecular weight excluding hydrogens is 515 g/mol. The first kappa shape index (κ1) is 24.8. The zero-order valence-corrected chi connectivity index (χ0v) is 20.0. The van der Waals surface area contributed by atoms with Gasteiger partial charge in [-0.25, -0.2) is 13.6 Å². The summed E-state index contributed by atoms with van der Waals surface area (Å²) in [6, 6.07) is 5.79. The van der Waals surface area contributed by atoms with Crippen molar-refractivity contribution in [2.75, 3.05) is 24.5 Å². The van der Waals surface area contributed by atoms with Crippen molar-refractivity contribution in [2.45, 2.75) is 25.8 Å². The first-order valence-electron chi connectivity index (χ1n) is 11.3. The summed E-state index contributed by atoms with van der Waals surface area (Å²) in [7, 11) is -4.15. The molecule has 0 unspecified atom stereocenters. The van der Waals surface area contributed by atoms with E-state index in [0.29, 0.717) is 23.7 Å². The van der Waals surface area contributed by atoms with Crippen molar-refractivity contribution < 1.29 is 26.3 Å². The summed E-state index contributed by atoms with van der Waals surface area (Å²) >= 11 is 0. The molecule has 0 atom stereocenters. The Morgan fingerprint density at radius 3 is 2.54 bits per heavy atom. The summed E-state index contributed by atoms with van der Waals surface area (Å²) in [6.07, 6.45) is 2.87. The lowest BCUT2D eigenvalue weighted by atomic mass is 9.65. The average Bonchev–Trinajstić information content (AvgIpc) is 2.78. The Balaban J connectivity index is 1.50. The molecule has 1 aliphatic carbocycles. The van der Waals surface area contributed by atoms with Gasteiger partial charge in [0.05, 0.1) is 23.1 Å². The minimum atomic E-state index is -4.15. The van der Waals surface area contributed by atoms with Crippen LogP contribution in [-0.2, 0) is 16.8 Å². The quantitative estimate of drug-likeness (QED) is 0.477. The van der Waals surface area contributed by atoms with Crippen LogP contribution in [0.15, 0.2) is 33.9 Å². The molecule has 3 aromatic rings. The summed E-state index contributed by atoms with van der Waals surface area (Å²) in [5.74, 6) is -4.13. The molecule has 14 heteroatoms. The van der Waals surface area contributed by atoms with Crippen LogP contribution in [0.1, 0.15) is 24.8 Å². The summed E-state index contributed by atoms with van der Waals surface area (Å²) < 4.78 is 77.0. The number of fused-ring (bicyclic) bond motifs is 1. The van der Waals surface area contributed by atoms with E-state index in [9.17, 15) is 36.4 Å². The lowest BCUT2D eigenvalue weighted by Gasteiger charge is -2.54. The minimum Gasteiger partial charge on any atom is -0.453 e. The SMILES string of the molecule is N#Cc1c(NS(=O)(=O)N2CC3(CCC3)C2)cc(F)c(F)c1Oc1ccc2[nH]c(=O)n(CCF)c(=O)c2c1. The van der Waals surface area contributed by atoms with E-state index in [2.05, 4.69) is 9.71 Å². The van der Waals surface area contributed by atoms with Crippen LogP contribution >= 0.6 is 0 Å². The monoisotopic (exact) mass is 535 g/mol. The number of H-pyrrole nitrogens is 1. The van der Waals surface area contributed by atoms with Crippen LogP contribution in [0.25, 0.3) is 10.9 Å². The van der Waals surface area contributed by atoms with Gasteiger partial charge in [0.2, 0.25) is 5.82 Å². The maximum absolute atomic E-state index is 14.8. The number of nitrogens with zero attached hydrogens (tertiary/aromatic N) is 3. The van der Waals surface area contributed by atoms with Gasteiger partial charge in [-0.3, -0.25) is 14.1 Å². The van der Waals surface area contributed by atoms with Crippen molar-refractivity contribution in [3.05, 3.63) is 62.3 Å². The second-order valence-electron chi connectivity index (χ2n) is 9.15. The van der Waals surface area contributed by atoms with Gasteiger partial charge in [0.25, 0.3) is 5.56 Å². The lowest BCUT2D eigenvalue weighted by molar-refractivity contribution is -0.00752. The highest BCUT2D eigenvalue weighted by Crippen LogP contribution is 2.49. The highest BCUT2D eigenvalue weighted by molar-refractivity contribution is 7.90. The number of hydrogen-bond donors (Lipinski definition) is 2. The normalized spacial score (nSPS) is 16.7. The molecule has 10 nitrogen and oxygen atoms in total. The second kappa shape index (κ2) is 8.93. The molecule has 194 valence electrons. The van der Waals surface area contributed by atoms with Crippen LogP contribution in [-0.4, -0.2) is 42.0 Å². The number of nitrogens with one attached hydrogen (secondary N) is 2. The summed E-state index contributed by atoms with van der Waals surface area (Å²) in [5, 5.41) is 9.57. The molecule has 1 aromatic heterocycles. The Morgan fingerprint density at radius 1 is 1.19 bits per heavy atom. The summed E-state index contributed by atoms with van der Waals surface area (Å²) in [5.41, 5.74) is -2.73. The number of nitriles is 1. The van der Waals surface area contributed by atoms with Crippen LogP contribution in [0.3, 0.4) is 0 Å². The molecule has 2 heterocycles. The minimum absolute atomic E-state index is 0.0295. The predicted octanol–water partition coefficient (Wildman–Crippen LogP) is 2.74. The molecule has 1 saturated heterocycles. The topological polar surface area (TPSA) is 137 Å². The molecule has 2 fully saturated rings. The lowest BCUT2D eigenvalue weighted by Crippen LogP contribution is -2.62. The van der Waals surface area contributed by atoms with Crippen molar-refractivity contribution in [1.29, 1.82) is 5.26 Å². The van der Waals surface area contributed by atoms with Gasteiger partial charge in [-0.2, -0.15) is 22.4 Å². The average molecular weight is 536 g/mol. The smallest absolute Gasteiger partial charge is 0.328 e. The number of aromatic nitrogens is 2. The molecule has 0 radical (unpaired) electrons. The fraction of sp³-hybridized carbons (Fsp3) is 0.348. The molecule has 2 aromatic carbocycles. The molecule has 1 aliphatic heterocycles. The Kier molecular flexibility index (Phi) is 5.99. The third-order valence-corrected chi connectivity index (χ3v) is 8.20. The van der Waals surface area contributed by atoms with E-state index in [1.807, 2.05) is 0 Å². The predicted molar refractivity (Wildman–Crippen MR) is 126 cm³/mol. The van der Waals surface area contributed by atoms with Crippen molar-refractivity contribution in [3.8, 4) is 17.6 Å². The number of anilines is 1. The molecule has 2 aliphatic rings. The third kappa shape index (κ3) is 4.23. The standard InChI is InChI=1S/C23H20F3N5O5S/c24-6-7-31-21(32)14-8-13(2-3-17(14)28-22(31)33)36-20-15(10-27)18(9-16(25)19(20)26)29-37(34,35)30-11-23(12-30)4-1-5-23/h2-3,8-9,29H,1,4-7,11-12H2,(H,28,33). The van der Waals surface area contributed by atoms with E-state index < -0.39 is 63.3 Å². The molecule has 2 N–H and O–H groups in total. The number of rotatable bonds is 7. The molecule has 37 heavy (non-hydrogen) atoms. The van der Waals surface area contributed by atoms with Crippen LogP contribution in [0, 0.1) is 28.4 Å². The van der Waals surface area contributed by atoms with Crippen molar-refractivity contribution in [1.82, 2.24) is 13.9 Å². The molecule has 1 spiro atoms.